The summed E-state index contributed by atoms with van der Waals surface area (Å²) in [5, 5.41) is 0.668. The molecule has 0 aromatic heterocycles. The van der Waals surface area contributed by atoms with Gasteiger partial charge in [-0.3, -0.25) is 0 Å². The molecule has 3 aromatic rings. The predicted octanol–water partition coefficient (Wildman–Crippen LogP) is 6.65. The first-order valence-corrected chi connectivity index (χ1v) is 9.36. The molecule has 2 heteroatoms. The zero-order valence-electron chi connectivity index (χ0n) is 15.6. The zero-order chi connectivity index (χ0) is 19.0. The highest BCUT2D eigenvalue weighted by Gasteiger charge is 2.33. The Morgan fingerprint density at radius 3 is 1.88 bits per heavy atom. The molecule has 0 amide bonds. The molecule has 26 heavy (non-hydrogen) atoms. The lowest BCUT2D eigenvalue weighted by Crippen LogP contribution is -2.39. The van der Waals surface area contributed by atoms with Gasteiger partial charge >= 0.3 is 0 Å². The van der Waals surface area contributed by atoms with E-state index in [1.54, 1.807) is 0 Å². The summed E-state index contributed by atoms with van der Waals surface area (Å²) in [5.41, 5.74) is 10.3. The van der Waals surface area contributed by atoms with Crippen molar-refractivity contribution in [3.63, 3.8) is 0 Å². The van der Waals surface area contributed by atoms with Crippen molar-refractivity contribution in [2.45, 2.75) is 26.3 Å². The number of benzene rings is 3. The summed E-state index contributed by atoms with van der Waals surface area (Å²) >= 11 is 6.50. The molecule has 0 aliphatic heterocycles. The number of rotatable bonds is 4. The van der Waals surface area contributed by atoms with Crippen molar-refractivity contribution >= 4 is 17.7 Å². The summed E-state index contributed by atoms with van der Waals surface area (Å²) in [6, 6.07) is 26.2. The number of nitrogens with two attached hydrogens (primary N) is 1. The number of halogens is 1. The third-order valence-corrected chi connectivity index (χ3v) is 4.58. The summed E-state index contributed by atoms with van der Waals surface area (Å²) in [4.78, 5) is 0. The lowest BCUT2D eigenvalue weighted by atomic mass is 9.78. The van der Waals surface area contributed by atoms with Gasteiger partial charge in [0, 0.05) is 5.02 Å². The van der Waals surface area contributed by atoms with Gasteiger partial charge in [0.05, 0.1) is 5.54 Å². The van der Waals surface area contributed by atoms with Crippen molar-refractivity contribution in [3.05, 3.63) is 112 Å². The van der Waals surface area contributed by atoms with Crippen molar-refractivity contribution in [1.82, 2.24) is 0 Å². The summed E-state index contributed by atoms with van der Waals surface area (Å²) < 4.78 is 0. The maximum absolute atomic E-state index is 6.98. The van der Waals surface area contributed by atoms with E-state index in [9.17, 15) is 0 Å². The summed E-state index contributed by atoms with van der Waals surface area (Å²) in [6.07, 6.45) is 4.09. The Labute approximate surface area is 162 Å². The van der Waals surface area contributed by atoms with Gasteiger partial charge in [0.15, 0.2) is 0 Å². The van der Waals surface area contributed by atoms with Gasteiger partial charge in [-0.2, -0.15) is 0 Å². The van der Waals surface area contributed by atoms with Crippen LogP contribution in [0.15, 0.2) is 84.9 Å². The van der Waals surface area contributed by atoms with Crippen molar-refractivity contribution in [2.24, 2.45) is 5.73 Å². The minimum atomic E-state index is -0.798. The first-order valence-electron chi connectivity index (χ1n) is 8.99. The molecule has 0 heterocycles. The molecule has 0 radical (unpaired) electrons. The highest BCUT2D eigenvalue weighted by Crippen LogP contribution is 2.37. The summed E-state index contributed by atoms with van der Waals surface area (Å²) in [7, 11) is 0. The molecule has 0 saturated carbocycles. The second-order valence-electron chi connectivity index (χ2n) is 5.78. The van der Waals surface area contributed by atoms with E-state index < -0.39 is 5.54 Å². The third-order valence-electron chi connectivity index (χ3n) is 4.25. The number of allylic oxidation sites excluding steroid dienone is 1. The second kappa shape index (κ2) is 9.38. The smallest absolute Gasteiger partial charge is 0.0937 e. The van der Waals surface area contributed by atoms with Gasteiger partial charge in [-0.15, -0.1) is 0 Å². The van der Waals surface area contributed by atoms with Crippen LogP contribution in [0.4, 0.5) is 0 Å². The molecule has 0 saturated heterocycles. The SMILES string of the molecule is C/C=C/c1ccc(C(N)(c2ccccc2)c2ccccc2Cl)cc1.CC. The molecule has 1 unspecified atom stereocenters. The van der Waals surface area contributed by atoms with E-state index in [1.807, 2.05) is 81.4 Å². The molecule has 2 N–H and O–H groups in total. The van der Waals surface area contributed by atoms with Crippen LogP contribution in [0.5, 0.6) is 0 Å². The largest absolute Gasteiger partial charge is 0.314 e. The number of hydrogen-bond donors (Lipinski definition) is 1. The Balaban J connectivity index is 0.00000117. The van der Waals surface area contributed by atoms with Crippen LogP contribution >= 0.6 is 11.6 Å². The highest BCUT2D eigenvalue weighted by atomic mass is 35.5. The van der Waals surface area contributed by atoms with E-state index >= 15 is 0 Å². The zero-order valence-corrected chi connectivity index (χ0v) is 16.4. The van der Waals surface area contributed by atoms with Gasteiger partial charge in [-0.1, -0.05) is 110 Å². The Bertz CT molecular complexity index is 838. The van der Waals surface area contributed by atoms with Gasteiger partial charge in [0.25, 0.3) is 0 Å². The van der Waals surface area contributed by atoms with Crippen LogP contribution in [0.2, 0.25) is 5.02 Å². The summed E-state index contributed by atoms with van der Waals surface area (Å²) in [5.74, 6) is 0. The van der Waals surface area contributed by atoms with Crippen LogP contribution < -0.4 is 5.73 Å². The molecule has 0 bridgehead atoms. The monoisotopic (exact) mass is 363 g/mol. The van der Waals surface area contributed by atoms with E-state index in [0.717, 1.165) is 22.3 Å². The maximum atomic E-state index is 6.98. The van der Waals surface area contributed by atoms with Crippen LogP contribution in [0.25, 0.3) is 6.08 Å². The standard InChI is InChI=1S/C22H20ClN.C2H6/c1-2-8-17-13-15-19(16-14-17)22(24,18-9-4-3-5-10-18)20-11-6-7-12-21(20)23;1-2/h2-16H,24H2,1H3;1-2H3/b8-2+;. The molecule has 134 valence electrons. The average Bonchev–Trinajstić information content (AvgIpc) is 2.71. The van der Waals surface area contributed by atoms with E-state index in [-0.39, 0.29) is 0 Å². The van der Waals surface area contributed by atoms with Gasteiger partial charge in [-0.25, -0.2) is 0 Å². The van der Waals surface area contributed by atoms with Crippen molar-refractivity contribution < 1.29 is 0 Å². The van der Waals surface area contributed by atoms with Crippen molar-refractivity contribution in [2.75, 3.05) is 0 Å². The normalized spacial score (nSPS) is 13.0. The molecule has 0 fully saturated rings. The molecule has 3 aromatic carbocycles. The molecular formula is C24H26ClN. The van der Waals surface area contributed by atoms with Crippen LogP contribution in [-0.4, -0.2) is 0 Å². The van der Waals surface area contributed by atoms with Gasteiger partial charge in [0.1, 0.15) is 0 Å². The molecule has 3 rings (SSSR count). The Morgan fingerprint density at radius 1 is 0.769 bits per heavy atom. The quantitative estimate of drug-likeness (QED) is 0.516. The molecule has 0 aliphatic rings. The Kier molecular flexibility index (Phi) is 7.20. The topological polar surface area (TPSA) is 26.0 Å². The third kappa shape index (κ3) is 4.07. The van der Waals surface area contributed by atoms with Crippen LogP contribution in [-0.2, 0) is 5.54 Å². The van der Waals surface area contributed by atoms with E-state index in [1.165, 1.54) is 0 Å². The van der Waals surface area contributed by atoms with Crippen molar-refractivity contribution in [1.29, 1.82) is 0 Å². The Morgan fingerprint density at radius 2 is 1.31 bits per heavy atom. The van der Waals surface area contributed by atoms with Crippen LogP contribution in [0, 0.1) is 0 Å². The van der Waals surface area contributed by atoms with Crippen LogP contribution in [0.3, 0.4) is 0 Å². The lowest BCUT2D eigenvalue weighted by molar-refractivity contribution is 0.653. The highest BCUT2D eigenvalue weighted by molar-refractivity contribution is 6.31. The van der Waals surface area contributed by atoms with E-state index in [0.29, 0.717) is 5.02 Å². The number of hydrogen-bond acceptors (Lipinski definition) is 1. The minimum Gasteiger partial charge on any atom is -0.314 e. The van der Waals surface area contributed by atoms with Gasteiger partial charge in [-0.05, 0) is 35.2 Å². The molecule has 0 spiro atoms. The predicted molar refractivity (Wildman–Crippen MR) is 114 cm³/mol. The van der Waals surface area contributed by atoms with E-state index in [4.69, 9.17) is 17.3 Å². The fourth-order valence-electron chi connectivity index (χ4n) is 3.01. The average molecular weight is 364 g/mol. The molecule has 0 aliphatic carbocycles. The minimum absolute atomic E-state index is 0.668. The fourth-order valence-corrected chi connectivity index (χ4v) is 3.29. The van der Waals surface area contributed by atoms with Crippen molar-refractivity contribution in [3.8, 4) is 0 Å². The first-order chi connectivity index (χ1) is 12.7. The molecular weight excluding hydrogens is 338 g/mol. The van der Waals surface area contributed by atoms with Gasteiger partial charge in [0.2, 0.25) is 0 Å². The molecule has 1 nitrogen and oxygen atoms in total. The second-order valence-corrected chi connectivity index (χ2v) is 6.18. The Hall–Kier alpha value is -2.35. The summed E-state index contributed by atoms with van der Waals surface area (Å²) in [6.45, 7) is 6.01. The van der Waals surface area contributed by atoms with Gasteiger partial charge < -0.3 is 5.73 Å². The lowest BCUT2D eigenvalue weighted by Gasteiger charge is -2.32. The maximum Gasteiger partial charge on any atom is 0.0937 e. The van der Waals surface area contributed by atoms with Crippen LogP contribution in [0.1, 0.15) is 43.0 Å². The first kappa shape index (κ1) is 20.0. The van der Waals surface area contributed by atoms with E-state index in [2.05, 4.69) is 30.3 Å². The fraction of sp³-hybridized carbons (Fsp3) is 0.167. The molecule has 1 atom stereocenters.